The molecule has 0 spiro atoms. The van der Waals surface area contributed by atoms with Gasteiger partial charge in [0.2, 0.25) is 0 Å². The average Bonchev–Trinajstić information content (AvgIpc) is 2.73. The lowest BCUT2D eigenvalue weighted by molar-refractivity contribution is 0.0528. The number of likely N-dealkylation sites (tertiary alicyclic amines) is 1. The highest BCUT2D eigenvalue weighted by molar-refractivity contribution is 5.95. The molecule has 1 aromatic carbocycles. The fraction of sp³-hybridized carbons (Fsp3) is 0.450. The maximum Gasteiger partial charge on any atom is 0.257 e. The van der Waals surface area contributed by atoms with Gasteiger partial charge >= 0.3 is 0 Å². The third-order valence-corrected chi connectivity index (χ3v) is 4.64. The first-order valence-corrected chi connectivity index (χ1v) is 9.19. The van der Waals surface area contributed by atoms with Gasteiger partial charge in [0.05, 0.1) is 20.8 Å². The van der Waals surface area contributed by atoms with E-state index in [-0.39, 0.29) is 12.0 Å². The number of carbonyl (C=O) groups excluding carboxylic acids is 1. The summed E-state index contributed by atoms with van der Waals surface area (Å²) >= 11 is 0. The summed E-state index contributed by atoms with van der Waals surface area (Å²) in [6.45, 7) is 1.19. The minimum absolute atomic E-state index is 0.0544. The van der Waals surface area contributed by atoms with E-state index in [1.54, 1.807) is 49.7 Å². The fourth-order valence-electron chi connectivity index (χ4n) is 3.24. The van der Waals surface area contributed by atoms with Crippen LogP contribution in [0.2, 0.25) is 0 Å². The number of rotatable bonds is 6. The lowest BCUT2D eigenvalue weighted by Crippen LogP contribution is -2.44. The molecule has 0 N–H and O–H groups in total. The third kappa shape index (κ3) is 4.27. The van der Waals surface area contributed by atoms with Crippen LogP contribution in [0.15, 0.2) is 30.6 Å². The molecule has 1 unspecified atom stereocenters. The van der Waals surface area contributed by atoms with Gasteiger partial charge in [-0.15, -0.1) is 0 Å². The summed E-state index contributed by atoms with van der Waals surface area (Å²) < 4.78 is 16.6. The zero-order valence-electron chi connectivity index (χ0n) is 16.7. The number of carbonyl (C=O) groups is 1. The van der Waals surface area contributed by atoms with E-state index in [9.17, 15) is 4.79 Å². The van der Waals surface area contributed by atoms with Crippen LogP contribution in [0.3, 0.4) is 0 Å². The molecule has 1 saturated heterocycles. The van der Waals surface area contributed by atoms with Crippen LogP contribution in [0.5, 0.6) is 17.4 Å². The molecule has 0 saturated carbocycles. The van der Waals surface area contributed by atoms with E-state index in [1.807, 2.05) is 19.0 Å². The number of amides is 1. The van der Waals surface area contributed by atoms with Gasteiger partial charge < -0.3 is 24.0 Å². The van der Waals surface area contributed by atoms with Crippen LogP contribution in [0.25, 0.3) is 0 Å². The van der Waals surface area contributed by atoms with Crippen molar-refractivity contribution in [2.45, 2.75) is 18.9 Å². The number of ether oxygens (including phenoxy) is 3. The van der Waals surface area contributed by atoms with Crippen LogP contribution < -0.4 is 19.1 Å². The Morgan fingerprint density at radius 2 is 1.89 bits per heavy atom. The molecular weight excluding hydrogens is 360 g/mol. The number of hydrogen-bond acceptors (Lipinski definition) is 7. The topological polar surface area (TPSA) is 77.0 Å². The first kappa shape index (κ1) is 19.7. The molecule has 28 heavy (non-hydrogen) atoms. The van der Waals surface area contributed by atoms with Crippen LogP contribution in [0.4, 0.5) is 5.82 Å². The molecule has 1 aliphatic rings. The van der Waals surface area contributed by atoms with Crippen molar-refractivity contribution in [1.82, 2.24) is 14.9 Å². The van der Waals surface area contributed by atoms with Gasteiger partial charge in [0.15, 0.2) is 17.3 Å². The van der Waals surface area contributed by atoms with Crippen molar-refractivity contribution >= 4 is 11.7 Å². The van der Waals surface area contributed by atoms with Gasteiger partial charge in [0, 0.05) is 38.6 Å². The first-order valence-electron chi connectivity index (χ1n) is 9.19. The van der Waals surface area contributed by atoms with Crippen molar-refractivity contribution in [1.29, 1.82) is 0 Å². The Labute approximate surface area is 165 Å². The summed E-state index contributed by atoms with van der Waals surface area (Å²) in [7, 11) is 6.91. The number of anilines is 1. The predicted molar refractivity (Wildman–Crippen MR) is 105 cm³/mol. The van der Waals surface area contributed by atoms with Crippen molar-refractivity contribution in [3.8, 4) is 17.4 Å². The largest absolute Gasteiger partial charge is 0.493 e. The predicted octanol–water partition coefficient (Wildman–Crippen LogP) is 2.24. The second kappa shape index (κ2) is 8.77. The first-order chi connectivity index (χ1) is 13.5. The zero-order chi connectivity index (χ0) is 20.1. The second-order valence-corrected chi connectivity index (χ2v) is 6.78. The van der Waals surface area contributed by atoms with Crippen molar-refractivity contribution < 1.29 is 19.0 Å². The molecule has 1 atom stereocenters. The van der Waals surface area contributed by atoms with Crippen molar-refractivity contribution in [2.24, 2.45) is 0 Å². The Balaban J connectivity index is 1.72. The van der Waals surface area contributed by atoms with Crippen molar-refractivity contribution in [3.63, 3.8) is 0 Å². The van der Waals surface area contributed by atoms with Gasteiger partial charge in [0.1, 0.15) is 6.10 Å². The smallest absolute Gasteiger partial charge is 0.257 e. The lowest BCUT2D eigenvalue weighted by atomic mass is 10.1. The minimum atomic E-state index is -0.131. The standard InChI is InChI=1S/C20H26N4O4/c1-23(2)18-19(22-10-9-21-18)28-15-6-5-11-24(13-15)20(25)14-7-8-16(26-3)17(12-14)27-4/h7-10,12,15H,5-6,11,13H2,1-4H3. The van der Waals surface area contributed by atoms with Crippen molar-refractivity contribution in [3.05, 3.63) is 36.2 Å². The molecule has 3 rings (SSSR count). The number of benzene rings is 1. The van der Waals surface area contributed by atoms with Gasteiger partial charge in [-0.05, 0) is 31.0 Å². The minimum Gasteiger partial charge on any atom is -0.493 e. The molecule has 1 amide bonds. The van der Waals surface area contributed by atoms with Gasteiger partial charge in [-0.2, -0.15) is 0 Å². The van der Waals surface area contributed by atoms with Crippen LogP contribution in [0, 0.1) is 0 Å². The Hall–Kier alpha value is -3.03. The Kier molecular flexibility index (Phi) is 6.18. The molecular formula is C20H26N4O4. The van der Waals surface area contributed by atoms with E-state index < -0.39 is 0 Å². The summed E-state index contributed by atoms with van der Waals surface area (Å²) in [6, 6.07) is 5.20. The highest BCUT2D eigenvalue weighted by atomic mass is 16.5. The number of piperidine rings is 1. The van der Waals surface area contributed by atoms with Crippen molar-refractivity contribution in [2.75, 3.05) is 46.3 Å². The van der Waals surface area contributed by atoms with Gasteiger partial charge in [0.25, 0.3) is 11.8 Å². The molecule has 2 aromatic rings. The summed E-state index contributed by atoms with van der Waals surface area (Å²) in [5, 5.41) is 0. The zero-order valence-corrected chi connectivity index (χ0v) is 16.7. The SMILES string of the molecule is COc1ccc(C(=O)N2CCCC(Oc3nccnc3N(C)C)C2)cc1OC. The highest BCUT2D eigenvalue weighted by Gasteiger charge is 2.27. The molecule has 8 heteroatoms. The van der Waals surface area contributed by atoms with E-state index >= 15 is 0 Å². The highest BCUT2D eigenvalue weighted by Crippen LogP contribution is 2.29. The number of aromatic nitrogens is 2. The summed E-state index contributed by atoms with van der Waals surface area (Å²) in [5.41, 5.74) is 0.562. The van der Waals surface area contributed by atoms with E-state index in [0.29, 0.717) is 41.8 Å². The Bertz CT molecular complexity index is 828. The summed E-state index contributed by atoms with van der Waals surface area (Å²) in [4.78, 5) is 25.3. The molecule has 1 fully saturated rings. The second-order valence-electron chi connectivity index (χ2n) is 6.78. The quantitative estimate of drug-likeness (QED) is 0.753. The lowest BCUT2D eigenvalue weighted by Gasteiger charge is -2.33. The molecule has 8 nitrogen and oxygen atoms in total. The summed E-state index contributed by atoms with van der Waals surface area (Å²) in [5.74, 6) is 2.23. The average molecular weight is 386 g/mol. The van der Waals surface area contributed by atoms with Gasteiger partial charge in [-0.25, -0.2) is 9.97 Å². The number of hydrogen-bond donors (Lipinski definition) is 0. The third-order valence-electron chi connectivity index (χ3n) is 4.64. The maximum absolute atomic E-state index is 13.0. The van der Waals surface area contributed by atoms with Crippen LogP contribution >= 0.6 is 0 Å². The van der Waals surface area contributed by atoms with E-state index in [0.717, 1.165) is 12.8 Å². The normalized spacial score (nSPS) is 16.4. The molecule has 150 valence electrons. The molecule has 0 radical (unpaired) electrons. The maximum atomic E-state index is 13.0. The van der Waals surface area contributed by atoms with Crippen LogP contribution in [0.1, 0.15) is 23.2 Å². The molecule has 0 bridgehead atoms. The van der Waals surface area contributed by atoms with E-state index in [2.05, 4.69) is 9.97 Å². The van der Waals surface area contributed by atoms with Crippen LogP contribution in [-0.4, -0.2) is 68.3 Å². The molecule has 0 aliphatic carbocycles. The monoisotopic (exact) mass is 386 g/mol. The molecule has 1 aliphatic heterocycles. The van der Waals surface area contributed by atoms with E-state index in [4.69, 9.17) is 14.2 Å². The number of nitrogens with zero attached hydrogens (tertiary/aromatic N) is 4. The van der Waals surface area contributed by atoms with E-state index in [1.165, 1.54) is 0 Å². The number of methoxy groups -OCH3 is 2. The van der Waals surface area contributed by atoms with Gasteiger partial charge in [-0.3, -0.25) is 4.79 Å². The molecule has 1 aromatic heterocycles. The fourth-order valence-corrected chi connectivity index (χ4v) is 3.24. The Morgan fingerprint density at radius 1 is 1.14 bits per heavy atom. The Morgan fingerprint density at radius 3 is 2.61 bits per heavy atom. The van der Waals surface area contributed by atoms with Crippen LogP contribution in [-0.2, 0) is 0 Å². The van der Waals surface area contributed by atoms with Gasteiger partial charge in [-0.1, -0.05) is 0 Å². The molecule has 2 heterocycles. The summed E-state index contributed by atoms with van der Waals surface area (Å²) in [6.07, 6.45) is 4.84.